The first-order valence-electron chi connectivity index (χ1n) is 7.13. The van der Waals surface area contributed by atoms with Crippen molar-refractivity contribution in [3.05, 3.63) is 29.8 Å². The van der Waals surface area contributed by atoms with E-state index in [1.54, 1.807) is 0 Å². The third-order valence-electron chi connectivity index (χ3n) is 4.46. The summed E-state index contributed by atoms with van der Waals surface area (Å²) in [5.41, 5.74) is -0.890. The third kappa shape index (κ3) is 2.98. The van der Waals surface area contributed by atoms with Gasteiger partial charge in [-0.15, -0.1) is 0 Å². The molecule has 0 radical (unpaired) electrons. The minimum absolute atomic E-state index is 0.0741. The van der Waals surface area contributed by atoms with E-state index in [-0.39, 0.29) is 42.5 Å². The Kier molecular flexibility index (Phi) is 4.16. The second kappa shape index (κ2) is 5.73. The Balaban J connectivity index is 1.80. The maximum Gasteiger partial charge on any atom is 0.416 e. The lowest BCUT2D eigenvalue weighted by atomic mass is 9.94. The molecule has 23 heavy (non-hydrogen) atoms. The quantitative estimate of drug-likeness (QED) is 0.892. The van der Waals surface area contributed by atoms with Crippen LogP contribution in [0.15, 0.2) is 29.2 Å². The first kappa shape index (κ1) is 16.7. The second-order valence-electron chi connectivity index (χ2n) is 5.82. The van der Waals surface area contributed by atoms with E-state index < -0.39 is 21.8 Å². The fourth-order valence-corrected chi connectivity index (χ4v) is 4.60. The number of sulfonamides is 1. The van der Waals surface area contributed by atoms with Crippen LogP contribution in [0.2, 0.25) is 0 Å². The summed E-state index contributed by atoms with van der Waals surface area (Å²) in [7, 11) is -3.87. The van der Waals surface area contributed by atoms with E-state index in [0.29, 0.717) is 6.61 Å². The molecule has 1 N–H and O–H groups in total. The van der Waals surface area contributed by atoms with Crippen molar-refractivity contribution in [1.82, 2.24) is 4.31 Å². The van der Waals surface area contributed by atoms with Gasteiger partial charge in [0.25, 0.3) is 0 Å². The maximum atomic E-state index is 12.6. The average molecular weight is 351 g/mol. The number of hydrogen-bond acceptors (Lipinski definition) is 4. The largest absolute Gasteiger partial charge is 0.416 e. The van der Waals surface area contributed by atoms with E-state index >= 15 is 0 Å². The molecule has 1 aromatic carbocycles. The highest BCUT2D eigenvalue weighted by Gasteiger charge is 2.47. The zero-order valence-electron chi connectivity index (χ0n) is 12.0. The number of ether oxygens (including phenoxy) is 1. The van der Waals surface area contributed by atoms with Crippen LogP contribution >= 0.6 is 0 Å². The normalized spacial score (nSPS) is 29.0. The number of alkyl halides is 3. The minimum Gasteiger partial charge on any atom is -0.396 e. The summed E-state index contributed by atoms with van der Waals surface area (Å²) >= 11 is 0. The Labute approximate surface area is 131 Å². The van der Waals surface area contributed by atoms with Crippen molar-refractivity contribution in [2.45, 2.75) is 17.2 Å². The van der Waals surface area contributed by atoms with Gasteiger partial charge < -0.3 is 9.84 Å². The standard InChI is InChI=1S/C14H16F3NO4S/c15-14(16,17)10-1-3-11(4-2-10)23(20,21)18-5-12-9(7-19)8-22-13(12)6-18/h1-4,9,12-13,19H,5-8H2/t9-,12-,13-/m1/s1. The molecule has 9 heteroatoms. The van der Waals surface area contributed by atoms with Gasteiger partial charge in [0, 0.05) is 31.5 Å². The van der Waals surface area contributed by atoms with Crippen molar-refractivity contribution in [2.24, 2.45) is 11.8 Å². The molecule has 0 aliphatic carbocycles. The lowest BCUT2D eigenvalue weighted by Gasteiger charge is -2.19. The van der Waals surface area contributed by atoms with Gasteiger partial charge in [0.2, 0.25) is 10.0 Å². The molecule has 0 aromatic heterocycles. The van der Waals surface area contributed by atoms with Crippen LogP contribution < -0.4 is 0 Å². The second-order valence-corrected chi connectivity index (χ2v) is 7.76. The van der Waals surface area contributed by atoms with Crippen molar-refractivity contribution in [3.63, 3.8) is 0 Å². The van der Waals surface area contributed by atoms with Crippen LogP contribution in [0.25, 0.3) is 0 Å². The number of nitrogens with zero attached hydrogens (tertiary/aromatic N) is 1. The van der Waals surface area contributed by atoms with Crippen LogP contribution in [0.1, 0.15) is 5.56 Å². The van der Waals surface area contributed by atoms with Gasteiger partial charge in [0.15, 0.2) is 0 Å². The molecule has 0 amide bonds. The van der Waals surface area contributed by atoms with E-state index in [4.69, 9.17) is 4.74 Å². The molecule has 128 valence electrons. The van der Waals surface area contributed by atoms with Gasteiger partial charge >= 0.3 is 6.18 Å². The Hall–Kier alpha value is -1.16. The van der Waals surface area contributed by atoms with Crippen LogP contribution in [0.4, 0.5) is 13.2 Å². The molecular weight excluding hydrogens is 335 g/mol. The summed E-state index contributed by atoms with van der Waals surface area (Å²) < 4.78 is 69.5. The van der Waals surface area contributed by atoms with Gasteiger partial charge in [0.1, 0.15) is 0 Å². The Morgan fingerprint density at radius 1 is 1.22 bits per heavy atom. The fraction of sp³-hybridized carbons (Fsp3) is 0.571. The highest BCUT2D eigenvalue weighted by molar-refractivity contribution is 7.89. The van der Waals surface area contributed by atoms with Crippen molar-refractivity contribution in [2.75, 3.05) is 26.3 Å². The lowest BCUT2D eigenvalue weighted by molar-refractivity contribution is -0.137. The first-order valence-corrected chi connectivity index (χ1v) is 8.57. The summed E-state index contributed by atoms with van der Waals surface area (Å²) in [6.07, 6.45) is -4.77. The first-order chi connectivity index (χ1) is 10.7. The number of fused-ring (bicyclic) bond motifs is 1. The van der Waals surface area contributed by atoms with E-state index in [0.717, 1.165) is 24.3 Å². The van der Waals surface area contributed by atoms with E-state index in [2.05, 4.69) is 0 Å². The van der Waals surface area contributed by atoms with Gasteiger partial charge in [-0.25, -0.2) is 8.42 Å². The number of aliphatic hydroxyl groups excluding tert-OH is 1. The van der Waals surface area contributed by atoms with Gasteiger partial charge in [-0.1, -0.05) is 0 Å². The van der Waals surface area contributed by atoms with Gasteiger partial charge in [-0.3, -0.25) is 0 Å². The predicted molar refractivity (Wildman–Crippen MR) is 74.0 cm³/mol. The molecular formula is C14H16F3NO4S. The van der Waals surface area contributed by atoms with E-state index in [1.807, 2.05) is 0 Å². The Morgan fingerprint density at radius 2 is 1.87 bits per heavy atom. The molecule has 0 saturated carbocycles. The summed E-state index contributed by atoms with van der Waals surface area (Å²) in [6, 6.07) is 3.46. The molecule has 2 aliphatic rings. The Morgan fingerprint density at radius 3 is 2.43 bits per heavy atom. The third-order valence-corrected chi connectivity index (χ3v) is 6.31. The number of aliphatic hydroxyl groups is 1. The lowest BCUT2D eigenvalue weighted by Crippen LogP contribution is -2.31. The SMILES string of the molecule is O=S(=O)(c1ccc(C(F)(F)F)cc1)N1C[C@@H]2[C@H](CO)CO[C@@H]2C1. The van der Waals surface area contributed by atoms with Crippen LogP contribution in [0.3, 0.4) is 0 Å². The van der Waals surface area contributed by atoms with Crippen molar-refractivity contribution in [1.29, 1.82) is 0 Å². The Bertz CT molecular complexity index is 674. The van der Waals surface area contributed by atoms with Gasteiger partial charge in [-0.05, 0) is 24.3 Å². The summed E-state index contributed by atoms with van der Waals surface area (Å²) in [6.45, 7) is 0.694. The van der Waals surface area contributed by atoms with Crippen molar-refractivity contribution in [3.8, 4) is 0 Å². The smallest absolute Gasteiger partial charge is 0.396 e. The average Bonchev–Trinajstić information content (AvgIpc) is 3.06. The highest BCUT2D eigenvalue weighted by Crippen LogP contribution is 2.36. The molecule has 3 rings (SSSR count). The molecule has 1 aromatic rings. The van der Waals surface area contributed by atoms with Crippen LogP contribution in [-0.2, 0) is 20.9 Å². The summed E-state index contributed by atoms with van der Waals surface area (Å²) in [5.74, 6) is -0.183. The minimum atomic E-state index is -4.50. The molecule has 3 atom stereocenters. The topological polar surface area (TPSA) is 66.8 Å². The fourth-order valence-electron chi connectivity index (χ4n) is 3.11. The van der Waals surface area contributed by atoms with Gasteiger partial charge in [0.05, 0.1) is 23.2 Å². The van der Waals surface area contributed by atoms with Crippen molar-refractivity contribution < 1.29 is 31.4 Å². The molecule has 2 saturated heterocycles. The van der Waals surface area contributed by atoms with E-state index in [1.165, 1.54) is 4.31 Å². The zero-order chi connectivity index (χ0) is 16.8. The van der Waals surface area contributed by atoms with Crippen molar-refractivity contribution >= 4 is 10.0 Å². The molecule has 0 unspecified atom stereocenters. The number of hydrogen-bond donors (Lipinski definition) is 1. The molecule has 5 nitrogen and oxygen atoms in total. The molecule has 2 heterocycles. The summed E-state index contributed by atoms with van der Waals surface area (Å²) in [4.78, 5) is -0.175. The predicted octanol–water partition coefficient (Wildman–Crippen LogP) is 1.33. The zero-order valence-corrected chi connectivity index (χ0v) is 12.8. The molecule has 2 aliphatic heterocycles. The van der Waals surface area contributed by atoms with Gasteiger partial charge in [-0.2, -0.15) is 17.5 Å². The van der Waals surface area contributed by atoms with Crippen LogP contribution in [0.5, 0.6) is 0 Å². The van der Waals surface area contributed by atoms with E-state index in [9.17, 15) is 26.7 Å². The molecule has 0 spiro atoms. The summed E-state index contributed by atoms with van der Waals surface area (Å²) in [5, 5.41) is 9.27. The highest BCUT2D eigenvalue weighted by atomic mass is 32.2. The molecule has 2 fully saturated rings. The maximum absolute atomic E-state index is 12.6. The molecule has 0 bridgehead atoms. The number of benzene rings is 1. The van der Waals surface area contributed by atoms with Crippen LogP contribution in [-0.4, -0.2) is 50.2 Å². The number of halogens is 3. The monoisotopic (exact) mass is 351 g/mol. The number of rotatable bonds is 3. The van der Waals surface area contributed by atoms with Crippen LogP contribution in [0, 0.1) is 11.8 Å².